The van der Waals surface area contributed by atoms with E-state index in [-0.39, 0.29) is 17.7 Å². The highest BCUT2D eigenvalue weighted by molar-refractivity contribution is 7.89. The topological polar surface area (TPSA) is 66.5 Å². The quantitative estimate of drug-likeness (QED) is 0.923. The molecule has 6 heteroatoms. The van der Waals surface area contributed by atoms with Crippen LogP contribution in [0, 0.1) is 11.8 Å². The summed E-state index contributed by atoms with van der Waals surface area (Å²) in [4.78, 5) is 12.4. The third kappa shape index (κ3) is 2.90. The van der Waals surface area contributed by atoms with Crippen molar-refractivity contribution < 1.29 is 13.2 Å². The molecule has 2 aliphatic heterocycles. The van der Waals surface area contributed by atoms with Gasteiger partial charge in [0.05, 0.1) is 10.8 Å². The Morgan fingerprint density at radius 1 is 1.22 bits per heavy atom. The molecule has 2 aliphatic rings. The Morgan fingerprint density at radius 2 is 1.87 bits per heavy atom. The predicted octanol–water partition coefficient (Wildman–Crippen LogP) is 2.80. The molecule has 5 nitrogen and oxygen atoms in total. The second-order valence-electron chi connectivity index (χ2n) is 7.05. The monoisotopic (exact) mass is 336 g/mol. The third-order valence-electron chi connectivity index (χ3n) is 4.95. The highest BCUT2D eigenvalue weighted by Crippen LogP contribution is 2.39. The van der Waals surface area contributed by atoms with Crippen LogP contribution in [0.1, 0.15) is 45.1 Å². The Morgan fingerprint density at radius 3 is 2.48 bits per heavy atom. The smallest absolute Gasteiger partial charge is 0.243 e. The molecular weight excluding hydrogens is 312 g/mol. The average Bonchev–Trinajstić information content (AvgIpc) is 2.82. The van der Waals surface area contributed by atoms with E-state index in [1.807, 2.05) is 13.8 Å². The van der Waals surface area contributed by atoms with Gasteiger partial charge in [-0.15, -0.1) is 0 Å². The summed E-state index contributed by atoms with van der Waals surface area (Å²) in [6.07, 6.45) is 1.80. The summed E-state index contributed by atoms with van der Waals surface area (Å²) >= 11 is 0. The number of amides is 1. The molecule has 0 bridgehead atoms. The fraction of sp³-hybridized carbons (Fsp3) is 0.588. The van der Waals surface area contributed by atoms with Gasteiger partial charge in [-0.05, 0) is 48.4 Å². The Balaban J connectivity index is 1.94. The maximum atomic E-state index is 12.9. The van der Waals surface area contributed by atoms with Gasteiger partial charge in [0, 0.05) is 18.8 Å². The van der Waals surface area contributed by atoms with Crippen molar-refractivity contribution in [1.29, 1.82) is 0 Å². The van der Waals surface area contributed by atoms with E-state index < -0.39 is 10.0 Å². The zero-order valence-electron chi connectivity index (χ0n) is 13.9. The van der Waals surface area contributed by atoms with Gasteiger partial charge in [-0.1, -0.05) is 20.8 Å². The fourth-order valence-electron chi connectivity index (χ4n) is 3.46. The van der Waals surface area contributed by atoms with Crippen molar-refractivity contribution >= 4 is 21.6 Å². The van der Waals surface area contributed by atoms with Gasteiger partial charge in [0.1, 0.15) is 0 Å². The molecule has 0 spiro atoms. The van der Waals surface area contributed by atoms with Crippen molar-refractivity contribution in [2.24, 2.45) is 11.8 Å². The molecule has 126 valence electrons. The van der Waals surface area contributed by atoms with Crippen molar-refractivity contribution in [3.05, 3.63) is 23.8 Å². The third-order valence-corrected chi connectivity index (χ3v) is 6.84. The van der Waals surface area contributed by atoms with Gasteiger partial charge in [-0.25, -0.2) is 8.42 Å². The van der Waals surface area contributed by atoms with Crippen molar-refractivity contribution in [2.75, 3.05) is 18.4 Å². The molecule has 23 heavy (non-hydrogen) atoms. The molecule has 1 atom stereocenters. The largest absolute Gasteiger partial charge is 0.325 e. The number of carbonyl (C=O) groups excluding carboxylic acids is 1. The van der Waals surface area contributed by atoms with Gasteiger partial charge >= 0.3 is 0 Å². The second kappa shape index (κ2) is 5.91. The first-order valence-electron chi connectivity index (χ1n) is 8.25. The number of rotatable bonds is 3. The molecule has 0 unspecified atom stereocenters. The number of hydrogen-bond donors (Lipinski definition) is 1. The predicted molar refractivity (Wildman–Crippen MR) is 89.8 cm³/mol. The molecule has 0 radical (unpaired) electrons. The fourth-order valence-corrected chi connectivity index (χ4v) is 4.97. The van der Waals surface area contributed by atoms with E-state index >= 15 is 0 Å². The van der Waals surface area contributed by atoms with Crippen LogP contribution in [0.5, 0.6) is 0 Å². The first-order chi connectivity index (χ1) is 10.8. The van der Waals surface area contributed by atoms with Gasteiger partial charge in [-0.2, -0.15) is 4.31 Å². The van der Waals surface area contributed by atoms with Gasteiger partial charge in [-0.3, -0.25) is 4.79 Å². The number of sulfonamides is 1. The van der Waals surface area contributed by atoms with Crippen LogP contribution in [0.3, 0.4) is 0 Å². The number of fused-ring (bicyclic) bond motifs is 1. The minimum absolute atomic E-state index is 0.0451. The molecule has 1 N–H and O–H groups in total. The Labute approximate surface area is 138 Å². The summed E-state index contributed by atoms with van der Waals surface area (Å²) in [5.41, 5.74) is 1.54. The minimum atomic E-state index is -3.48. The lowest BCUT2D eigenvalue weighted by atomic mass is 9.90. The van der Waals surface area contributed by atoms with Gasteiger partial charge < -0.3 is 5.32 Å². The lowest BCUT2D eigenvalue weighted by molar-refractivity contribution is -0.117. The van der Waals surface area contributed by atoms with Crippen molar-refractivity contribution in [2.45, 2.75) is 44.4 Å². The number of hydrogen-bond acceptors (Lipinski definition) is 3. The van der Waals surface area contributed by atoms with Crippen molar-refractivity contribution in [3.8, 4) is 0 Å². The number of nitrogens with zero attached hydrogens (tertiary/aromatic N) is 1. The summed E-state index contributed by atoms with van der Waals surface area (Å²) in [5.74, 6) is 0.386. The van der Waals surface area contributed by atoms with Gasteiger partial charge in [0.25, 0.3) is 0 Å². The van der Waals surface area contributed by atoms with Gasteiger partial charge in [0.2, 0.25) is 15.9 Å². The number of piperidine rings is 1. The highest BCUT2D eigenvalue weighted by atomic mass is 32.2. The van der Waals surface area contributed by atoms with E-state index in [0.717, 1.165) is 24.1 Å². The average molecular weight is 336 g/mol. The highest BCUT2D eigenvalue weighted by Gasteiger charge is 2.35. The molecule has 0 aliphatic carbocycles. The minimum Gasteiger partial charge on any atom is -0.325 e. The van der Waals surface area contributed by atoms with Crippen molar-refractivity contribution in [3.63, 3.8) is 0 Å². The summed E-state index contributed by atoms with van der Waals surface area (Å²) in [6, 6.07) is 5.01. The standard InChI is InChI=1S/C17H24N2O3S/c1-11(2)16-14-10-13(4-5-15(14)18-17(16)20)23(21,22)19-8-6-12(3)7-9-19/h4-5,10-12,16H,6-9H2,1-3H3,(H,18,20)/t16-/m0/s1. The van der Waals surface area contributed by atoms with Crippen LogP contribution in [0.2, 0.25) is 0 Å². The molecular formula is C17H24N2O3S. The molecule has 2 heterocycles. The van der Waals surface area contributed by atoms with E-state index in [0.29, 0.717) is 23.9 Å². The second-order valence-corrected chi connectivity index (χ2v) is 8.98. The number of nitrogens with one attached hydrogen (secondary N) is 1. The normalized spacial score (nSPS) is 23.1. The van der Waals surface area contributed by atoms with Crippen molar-refractivity contribution in [1.82, 2.24) is 4.31 Å². The van der Waals surface area contributed by atoms with Crippen LogP contribution in [-0.4, -0.2) is 31.7 Å². The SMILES string of the molecule is CC1CCN(S(=O)(=O)c2ccc3c(c2)[C@H](C(C)C)C(=O)N3)CC1. The Kier molecular flexibility index (Phi) is 4.23. The van der Waals surface area contributed by atoms with E-state index in [4.69, 9.17) is 0 Å². The van der Waals surface area contributed by atoms with Crippen LogP contribution >= 0.6 is 0 Å². The summed E-state index contributed by atoms with van der Waals surface area (Å²) in [6.45, 7) is 7.26. The zero-order valence-corrected chi connectivity index (χ0v) is 14.7. The Hall–Kier alpha value is -1.40. The lowest BCUT2D eigenvalue weighted by Gasteiger charge is -2.29. The molecule has 1 aromatic carbocycles. The number of carbonyl (C=O) groups is 1. The first kappa shape index (κ1) is 16.5. The molecule has 0 saturated carbocycles. The maximum Gasteiger partial charge on any atom is 0.243 e. The van der Waals surface area contributed by atoms with Crippen LogP contribution in [0.15, 0.2) is 23.1 Å². The van der Waals surface area contributed by atoms with E-state index in [1.54, 1.807) is 22.5 Å². The molecule has 1 saturated heterocycles. The van der Waals surface area contributed by atoms with E-state index in [2.05, 4.69) is 12.2 Å². The Bertz CT molecular complexity index is 719. The van der Waals surface area contributed by atoms with E-state index in [1.165, 1.54) is 0 Å². The first-order valence-corrected chi connectivity index (χ1v) is 9.69. The van der Waals surface area contributed by atoms with E-state index in [9.17, 15) is 13.2 Å². The molecule has 1 aromatic rings. The maximum absolute atomic E-state index is 12.9. The van der Waals surface area contributed by atoms with Crippen LogP contribution in [-0.2, 0) is 14.8 Å². The number of benzene rings is 1. The summed E-state index contributed by atoms with van der Waals surface area (Å²) < 4.78 is 27.3. The summed E-state index contributed by atoms with van der Waals surface area (Å²) in [5, 5.41) is 2.85. The van der Waals surface area contributed by atoms with Crippen LogP contribution in [0.25, 0.3) is 0 Å². The molecule has 1 amide bonds. The van der Waals surface area contributed by atoms with Gasteiger partial charge in [0.15, 0.2) is 0 Å². The van der Waals surface area contributed by atoms with Crippen LogP contribution < -0.4 is 5.32 Å². The lowest BCUT2D eigenvalue weighted by Crippen LogP contribution is -2.37. The molecule has 3 rings (SSSR count). The molecule has 1 fully saturated rings. The molecule has 0 aromatic heterocycles. The zero-order chi connectivity index (χ0) is 16.8. The number of anilines is 1. The van der Waals surface area contributed by atoms with Crippen LogP contribution in [0.4, 0.5) is 5.69 Å². The summed E-state index contributed by atoms with van der Waals surface area (Å²) in [7, 11) is -3.48.